The predicted molar refractivity (Wildman–Crippen MR) is 152 cm³/mol. The van der Waals surface area contributed by atoms with Gasteiger partial charge in [-0.25, -0.2) is 0 Å². The summed E-state index contributed by atoms with van der Waals surface area (Å²) in [6.07, 6.45) is 0. The summed E-state index contributed by atoms with van der Waals surface area (Å²) in [5, 5.41) is 11.5. The average Bonchev–Trinajstić information content (AvgIpc) is 3.20. The minimum atomic E-state index is -0.887. The van der Waals surface area contributed by atoms with Crippen LogP contribution in [0.4, 0.5) is 0 Å². The summed E-state index contributed by atoms with van der Waals surface area (Å²) in [7, 11) is 4.59. The number of aryl methyl sites for hydroxylation is 1. The molecule has 0 radical (unpaired) electrons. The number of carbonyl (C=O) groups is 2. The second-order valence-electron chi connectivity index (χ2n) is 10.0. The molecule has 1 amide bonds. The number of nitrogens with zero attached hydrogens (tertiary/aromatic N) is 1. The number of Topliss-reactive ketones (excluding diaryl/α,β-unsaturated/α-hetero) is 1. The predicted octanol–water partition coefficient (Wildman–Crippen LogP) is 5.68. The summed E-state index contributed by atoms with van der Waals surface area (Å²) >= 11 is 0. The molecule has 40 heavy (non-hydrogen) atoms. The van der Waals surface area contributed by atoms with Gasteiger partial charge < -0.3 is 29.0 Å². The van der Waals surface area contributed by atoms with Crippen molar-refractivity contribution in [1.29, 1.82) is 0 Å². The van der Waals surface area contributed by atoms with Crippen LogP contribution in [0.1, 0.15) is 42.1 Å². The maximum absolute atomic E-state index is 13.5. The fraction of sp³-hybridized carbons (Fsp3) is 0.312. The lowest BCUT2D eigenvalue weighted by Gasteiger charge is -2.26. The number of carbonyl (C=O) groups excluding carboxylic acids is 2. The minimum absolute atomic E-state index is 0.0117. The van der Waals surface area contributed by atoms with Gasteiger partial charge in [0.1, 0.15) is 17.3 Å². The van der Waals surface area contributed by atoms with Gasteiger partial charge in [0.15, 0.2) is 11.5 Å². The molecule has 8 heteroatoms. The van der Waals surface area contributed by atoms with Crippen molar-refractivity contribution in [2.45, 2.75) is 33.4 Å². The monoisotopic (exact) mass is 545 g/mol. The summed E-state index contributed by atoms with van der Waals surface area (Å²) in [5.74, 6) is 0.811. The van der Waals surface area contributed by atoms with Crippen LogP contribution in [-0.2, 0) is 16.1 Å². The Morgan fingerprint density at radius 2 is 1.55 bits per heavy atom. The molecule has 1 saturated heterocycles. The molecule has 0 bridgehead atoms. The maximum Gasteiger partial charge on any atom is 0.295 e. The quantitative estimate of drug-likeness (QED) is 0.199. The number of ketones is 1. The van der Waals surface area contributed by atoms with Gasteiger partial charge in [-0.3, -0.25) is 9.59 Å². The Hall–Kier alpha value is -4.46. The number of aliphatic hydroxyl groups excluding tert-OH is 1. The highest BCUT2D eigenvalue weighted by Crippen LogP contribution is 2.43. The molecule has 1 unspecified atom stereocenters. The molecule has 1 fully saturated rings. The number of benzene rings is 3. The van der Waals surface area contributed by atoms with Crippen molar-refractivity contribution in [1.82, 2.24) is 4.90 Å². The second kappa shape index (κ2) is 12.2. The Kier molecular flexibility index (Phi) is 8.67. The van der Waals surface area contributed by atoms with Crippen LogP contribution in [0.3, 0.4) is 0 Å². The van der Waals surface area contributed by atoms with Crippen molar-refractivity contribution in [3.8, 4) is 23.0 Å². The minimum Gasteiger partial charge on any atom is -0.507 e. The lowest BCUT2D eigenvalue weighted by molar-refractivity contribution is -0.140. The highest BCUT2D eigenvalue weighted by molar-refractivity contribution is 6.46. The molecular formula is C32H35NO7. The van der Waals surface area contributed by atoms with Gasteiger partial charge in [0, 0.05) is 11.1 Å². The number of rotatable bonds is 10. The normalized spacial score (nSPS) is 16.4. The van der Waals surface area contributed by atoms with Crippen LogP contribution in [0, 0.1) is 12.8 Å². The molecule has 0 aromatic heterocycles. The van der Waals surface area contributed by atoms with E-state index in [1.165, 1.54) is 19.1 Å². The van der Waals surface area contributed by atoms with Crippen molar-refractivity contribution < 1.29 is 33.6 Å². The number of amides is 1. The molecule has 210 valence electrons. The summed E-state index contributed by atoms with van der Waals surface area (Å²) < 4.78 is 22.3. The van der Waals surface area contributed by atoms with E-state index < -0.39 is 17.7 Å². The Balaban J connectivity index is 1.85. The van der Waals surface area contributed by atoms with Crippen LogP contribution < -0.4 is 18.9 Å². The van der Waals surface area contributed by atoms with Crippen LogP contribution in [0.5, 0.6) is 23.0 Å². The number of likely N-dealkylation sites (tertiary alicyclic amines) is 1. The van der Waals surface area contributed by atoms with Gasteiger partial charge in [-0.05, 0) is 60.4 Å². The Morgan fingerprint density at radius 3 is 2.20 bits per heavy atom. The standard InChI is InChI=1S/C32H35NO7/c1-19(2)18-40-24-13-12-22(15-20(24)3)30(34)28-29(21-11-14-26(38-5)27(16-21)39-6)33(32(36)31(28)35)17-23-9-7-8-10-25(23)37-4/h7-16,19,29,34H,17-18H2,1-6H3/b30-28-. The van der Waals surface area contributed by atoms with E-state index >= 15 is 0 Å². The van der Waals surface area contributed by atoms with Gasteiger partial charge >= 0.3 is 0 Å². The summed E-state index contributed by atoms with van der Waals surface area (Å²) in [6, 6.07) is 16.8. The van der Waals surface area contributed by atoms with Crippen LogP contribution in [-0.4, -0.2) is 49.6 Å². The zero-order valence-corrected chi connectivity index (χ0v) is 23.7. The SMILES string of the molecule is COc1ccccc1CN1C(=O)C(=O)/C(=C(\O)c2ccc(OCC(C)C)c(C)c2)C1c1ccc(OC)c(OC)c1. The highest BCUT2D eigenvalue weighted by atomic mass is 16.5. The van der Waals surface area contributed by atoms with E-state index in [1.807, 2.05) is 25.1 Å². The molecule has 8 nitrogen and oxygen atoms in total. The molecule has 1 aliphatic rings. The van der Waals surface area contributed by atoms with Gasteiger partial charge in [0.2, 0.25) is 0 Å². The van der Waals surface area contributed by atoms with Crippen molar-refractivity contribution in [3.63, 3.8) is 0 Å². The first-order valence-electron chi connectivity index (χ1n) is 13.1. The molecule has 0 aliphatic carbocycles. The second-order valence-corrected chi connectivity index (χ2v) is 10.0. The third-order valence-electron chi connectivity index (χ3n) is 6.82. The van der Waals surface area contributed by atoms with E-state index in [4.69, 9.17) is 18.9 Å². The van der Waals surface area contributed by atoms with Crippen LogP contribution >= 0.6 is 0 Å². The molecule has 1 atom stereocenters. The van der Waals surface area contributed by atoms with E-state index in [0.717, 1.165) is 11.1 Å². The lowest BCUT2D eigenvalue weighted by atomic mass is 9.94. The van der Waals surface area contributed by atoms with Crippen molar-refractivity contribution in [3.05, 3.63) is 88.5 Å². The van der Waals surface area contributed by atoms with Crippen LogP contribution in [0.25, 0.3) is 5.76 Å². The zero-order valence-electron chi connectivity index (χ0n) is 23.7. The smallest absolute Gasteiger partial charge is 0.295 e. The first-order chi connectivity index (χ1) is 19.2. The third-order valence-corrected chi connectivity index (χ3v) is 6.82. The van der Waals surface area contributed by atoms with E-state index in [0.29, 0.717) is 46.6 Å². The Morgan fingerprint density at radius 1 is 0.875 bits per heavy atom. The molecule has 3 aromatic rings. The highest BCUT2D eigenvalue weighted by Gasteiger charge is 2.46. The van der Waals surface area contributed by atoms with Gasteiger partial charge in [-0.1, -0.05) is 38.1 Å². The molecule has 1 aliphatic heterocycles. The first kappa shape index (κ1) is 28.5. The number of ether oxygens (including phenoxy) is 4. The van der Waals surface area contributed by atoms with Crippen molar-refractivity contribution in [2.75, 3.05) is 27.9 Å². The molecule has 3 aromatic carbocycles. The fourth-order valence-electron chi connectivity index (χ4n) is 4.80. The van der Waals surface area contributed by atoms with Gasteiger partial charge in [0.25, 0.3) is 11.7 Å². The van der Waals surface area contributed by atoms with Crippen LogP contribution in [0.15, 0.2) is 66.2 Å². The number of para-hydroxylation sites is 1. The number of hydrogen-bond donors (Lipinski definition) is 1. The summed E-state index contributed by atoms with van der Waals surface area (Å²) in [4.78, 5) is 28.5. The Bertz CT molecular complexity index is 1440. The van der Waals surface area contributed by atoms with Gasteiger partial charge in [0.05, 0.1) is 46.1 Å². The maximum atomic E-state index is 13.5. The first-order valence-corrected chi connectivity index (χ1v) is 13.1. The molecular weight excluding hydrogens is 510 g/mol. The van der Waals surface area contributed by atoms with Gasteiger partial charge in [-0.15, -0.1) is 0 Å². The van der Waals surface area contributed by atoms with Crippen molar-refractivity contribution >= 4 is 17.4 Å². The summed E-state index contributed by atoms with van der Waals surface area (Å²) in [6.45, 7) is 6.64. The zero-order chi connectivity index (χ0) is 29.0. The Labute approximate surface area is 234 Å². The number of methoxy groups -OCH3 is 3. The number of hydrogen-bond acceptors (Lipinski definition) is 7. The average molecular weight is 546 g/mol. The van der Waals surface area contributed by atoms with E-state index in [1.54, 1.807) is 49.6 Å². The fourth-order valence-corrected chi connectivity index (χ4v) is 4.80. The molecule has 0 spiro atoms. The number of aliphatic hydroxyl groups is 1. The molecule has 0 saturated carbocycles. The van der Waals surface area contributed by atoms with Gasteiger partial charge in [-0.2, -0.15) is 0 Å². The molecule has 1 N–H and O–H groups in total. The lowest BCUT2D eigenvalue weighted by Crippen LogP contribution is -2.29. The van der Waals surface area contributed by atoms with Crippen molar-refractivity contribution in [2.24, 2.45) is 5.92 Å². The summed E-state index contributed by atoms with van der Waals surface area (Å²) in [5.41, 5.74) is 2.51. The largest absolute Gasteiger partial charge is 0.507 e. The van der Waals surface area contributed by atoms with E-state index in [-0.39, 0.29) is 17.9 Å². The third kappa shape index (κ3) is 5.61. The molecule has 4 rings (SSSR count). The van der Waals surface area contributed by atoms with Crippen LogP contribution in [0.2, 0.25) is 0 Å². The van der Waals surface area contributed by atoms with E-state index in [2.05, 4.69) is 13.8 Å². The topological polar surface area (TPSA) is 94.5 Å². The molecule has 1 heterocycles. The van der Waals surface area contributed by atoms with E-state index in [9.17, 15) is 14.7 Å².